The fourth-order valence-corrected chi connectivity index (χ4v) is 7.32. The van der Waals surface area contributed by atoms with Crippen LogP contribution in [0.4, 0.5) is 21.6 Å². The minimum atomic E-state index is -0.797. The van der Waals surface area contributed by atoms with Gasteiger partial charge in [0.2, 0.25) is 5.91 Å². The van der Waals surface area contributed by atoms with Crippen molar-refractivity contribution in [3.63, 3.8) is 0 Å². The molecule has 3 aliphatic heterocycles. The monoisotopic (exact) mass is 708 g/mol. The molecule has 2 atom stereocenters. The van der Waals surface area contributed by atoms with E-state index in [2.05, 4.69) is 25.9 Å². The molecule has 4 heterocycles. The van der Waals surface area contributed by atoms with Crippen LogP contribution in [0.5, 0.6) is 0 Å². The Balaban J connectivity index is 1.05. The Morgan fingerprint density at radius 2 is 1.90 bits per heavy atom. The number of halogens is 1. The van der Waals surface area contributed by atoms with Crippen LogP contribution < -0.4 is 21.3 Å². The van der Waals surface area contributed by atoms with Crippen LogP contribution in [0.25, 0.3) is 5.57 Å². The average molecular weight is 709 g/mol. The molecule has 2 aromatic carbocycles. The van der Waals surface area contributed by atoms with Gasteiger partial charge in [0.05, 0.1) is 18.0 Å². The molecule has 1 amide bonds. The van der Waals surface area contributed by atoms with Gasteiger partial charge < -0.3 is 31.3 Å². The van der Waals surface area contributed by atoms with Gasteiger partial charge in [-0.15, -0.1) is 0 Å². The third-order valence-electron chi connectivity index (χ3n) is 10.3. The summed E-state index contributed by atoms with van der Waals surface area (Å²) in [6, 6.07) is 16.2. The number of aliphatic hydroxyl groups excluding tert-OH is 1. The largest absolute Gasteiger partial charge is 0.398 e. The summed E-state index contributed by atoms with van der Waals surface area (Å²) in [5.41, 5.74) is 17.6. The fraction of sp³-hybridized carbons (Fsp3) is 0.410. The predicted octanol–water partition coefficient (Wildman–Crippen LogP) is 3.97. The number of hydrogen-bond donors (Lipinski definition) is 4. The number of likely N-dealkylation sites (tertiary alicyclic amines) is 1. The number of aliphatic hydroxyl groups is 1. The maximum absolute atomic E-state index is 14.7. The molecule has 12 nitrogen and oxygen atoms in total. The van der Waals surface area contributed by atoms with Crippen LogP contribution in [0.2, 0.25) is 0 Å². The van der Waals surface area contributed by atoms with Crippen molar-refractivity contribution in [1.29, 1.82) is 5.41 Å². The van der Waals surface area contributed by atoms with Crippen molar-refractivity contribution in [1.82, 2.24) is 14.8 Å². The van der Waals surface area contributed by atoms with E-state index in [9.17, 15) is 14.3 Å². The molecule has 52 heavy (non-hydrogen) atoms. The summed E-state index contributed by atoms with van der Waals surface area (Å²) in [7, 11) is 1.64. The first-order valence-electron chi connectivity index (χ1n) is 18.1. The van der Waals surface area contributed by atoms with Gasteiger partial charge in [0, 0.05) is 74.7 Å². The Morgan fingerprint density at radius 3 is 2.60 bits per heavy atom. The van der Waals surface area contributed by atoms with Gasteiger partial charge in [0.1, 0.15) is 18.4 Å². The molecular formula is C39H49FN10O2. The van der Waals surface area contributed by atoms with E-state index in [1.807, 2.05) is 52.0 Å². The molecule has 0 bridgehead atoms. The number of benzene rings is 2. The highest BCUT2D eigenvalue weighted by Crippen LogP contribution is 2.30. The second kappa shape index (κ2) is 16.5. The van der Waals surface area contributed by atoms with E-state index < -0.39 is 12.0 Å². The summed E-state index contributed by atoms with van der Waals surface area (Å²) >= 11 is 0. The van der Waals surface area contributed by atoms with Crippen molar-refractivity contribution in [3.05, 3.63) is 88.9 Å². The van der Waals surface area contributed by atoms with Gasteiger partial charge in [0.15, 0.2) is 11.6 Å². The van der Waals surface area contributed by atoms with Crippen LogP contribution in [-0.4, -0.2) is 109 Å². The molecule has 2 fully saturated rings. The summed E-state index contributed by atoms with van der Waals surface area (Å²) in [4.78, 5) is 33.6. The molecule has 274 valence electrons. The van der Waals surface area contributed by atoms with Crippen LogP contribution >= 0.6 is 0 Å². The number of nitrogen functional groups attached to an aromatic ring is 1. The number of hydrogen-bond acceptors (Lipinski definition) is 9. The molecule has 6 N–H and O–H groups in total. The van der Waals surface area contributed by atoms with Crippen LogP contribution in [-0.2, 0) is 4.79 Å². The number of amides is 1. The number of pyridine rings is 1. The molecule has 0 radical (unpaired) electrons. The first-order valence-corrected chi connectivity index (χ1v) is 18.1. The van der Waals surface area contributed by atoms with E-state index >= 15 is 0 Å². The van der Waals surface area contributed by atoms with Crippen molar-refractivity contribution < 1.29 is 14.3 Å². The first-order chi connectivity index (χ1) is 25.2. The van der Waals surface area contributed by atoms with E-state index in [1.165, 1.54) is 24.0 Å². The summed E-state index contributed by atoms with van der Waals surface area (Å²) in [5.74, 6) is 0.291. The maximum Gasteiger partial charge on any atom is 0.237 e. The first kappa shape index (κ1) is 36.6. The number of nitrogens with one attached hydrogen (secondary N) is 1. The highest BCUT2D eigenvalue weighted by atomic mass is 19.1. The van der Waals surface area contributed by atoms with Crippen molar-refractivity contribution in [2.75, 3.05) is 74.9 Å². The number of anilines is 3. The summed E-state index contributed by atoms with van der Waals surface area (Å²) in [6.07, 6.45) is 6.24. The second-order valence-corrected chi connectivity index (χ2v) is 13.6. The van der Waals surface area contributed by atoms with Crippen molar-refractivity contribution >= 4 is 46.6 Å². The zero-order chi connectivity index (χ0) is 36.8. The van der Waals surface area contributed by atoms with Gasteiger partial charge in [-0.1, -0.05) is 30.3 Å². The Hall–Kier alpha value is -5.14. The van der Waals surface area contributed by atoms with Crippen LogP contribution in [0.3, 0.4) is 0 Å². The number of aliphatic imine (C=N–C) groups is 2. The Labute approximate surface area is 304 Å². The van der Waals surface area contributed by atoms with Crippen LogP contribution in [0.15, 0.2) is 70.7 Å². The average Bonchev–Trinajstić information content (AvgIpc) is 3.88. The van der Waals surface area contributed by atoms with Gasteiger partial charge in [0.25, 0.3) is 0 Å². The summed E-state index contributed by atoms with van der Waals surface area (Å²) in [5, 5.41) is 20.6. The lowest BCUT2D eigenvalue weighted by Crippen LogP contribution is -2.44. The number of carbonyl (C=O) groups is 1. The SMILES string of the molecule is CCN(c1ccc(N)c(C(=N)c2ccc(F)c(N3CCCC3)n2)c1)C(O)[C@@H]1CCN(CC(=O)N2CC=C(c3ccc(C(N)=NC=NC)cc3)CC2)C1. The number of carbonyl (C=O) groups excluding carboxylic acids is 1. The van der Waals surface area contributed by atoms with Crippen LogP contribution in [0.1, 0.15) is 55.0 Å². The van der Waals surface area contributed by atoms with Gasteiger partial charge >= 0.3 is 0 Å². The molecule has 1 unspecified atom stereocenters. The quantitative estimate of drug-likeness (QED) is 0.0951. The van der Waals surface area contributed by atoms with Crippen molar-refractivity contribution in [2.24, 2.45) is 21.6 Å². The van der Waals surface area contributed by atoms with E-state index in [-0.39, 0.29) is 23.4 Å². The minimum Gasteiger partial charge on any atom is -0.398 e. The lowest BCUT2D eigenvalue weighted by molar-refractivity contribution is -0.131. The molecule has 1 aromatic heterocycles. The van der Waals surface area contributed by atoms with Crippen molar-refractivity contribution in [3.8, 4) is 0 Å². The third-order valence-corrected chi connectivity index (χ3v) is 10.3. The number of nitrogens with two attached hydrogens (primary N) is 2. The lowest BCUT2D eigenvalue weighted by atomic mass is 9.98. The molecule has 0 aliphatic carbocycles. The van der Waals surface area contributed by atoms with Gasteiger partial charge in [-0.05, 0) is 80.6 Å². The molecule has 3 aliphatic rings. The molecular weight excluding hydrogens is 659 g/mol. The van der Waals surface area contributed by atoms with E-state index in [0.29, 0.717) is 55.5 Å². The second-order valence-electron chi connectivity index (χ2n) is 13.6. The molecule has 0 saturated carbocycles. The Kier molecular flexibility index (Phi) is 11.6. The standard InChI is InChI=1S/C39H49FN10O2/c1-3-50(30-10-12-33(41)31(22-30)36(42)34-13-11-32(40)38(46-34)49-17-4-5-18-49)39(52)29-14-19-47(23-29)24-35(51)48-20-15-27(16-21-48)26-6-8-28(9-7-26)37(43)45-25-44-2/h6-13,15,22,25,29,39,42,52H,3-5,14,16-21,23-24,41H2,1-2H3,(H2,43,44,45)/t29-,39?/m1/s1. The summed E-state index contributed by atoms with van der Waals surface area (Å²) < 4.78 is 14.7. The zero-order valence-corrected chi connectivity index (χ0v) is 30.0. The van der Waals surface area contributed by atoms with Gasteiger partial charge in [-0.2, -0.15) is 0 Å². The topological polar surface area (TPSA) is 164 Å². The van der Waals surface area contributed by atoms with E-state index in [0.717, 1.165) is 62.1 Å². The van der Waals surface area contributed by atoms with E-state index in [4.69, 9.17) is 16.9 Å². The highest BCUT2D eigenvalue weighted by molar-refractivity contribution is 6.13. The molecule has 0 spiro atoms. The Morgan fingerprint density at radius 1 is 1.13 bits per heavy atom. The van der Waals surface area contributed by atoms with Crippen molar-refractivity contribution in [2.45, 2.75) is 38.8 Å². The number of nitrogens with zero attached hydrogens (tertiary/aromatic N) is 7. The fourth-order valence-electron chi connectivity index (χ4n) is 7.32. The molecule has 6 rings (SSSR count). The normalized spacial score (nSPS) is 19.0. The van der Waals surface area contributed by atoms with Gasteiger partial charge in [-0.25, -0.2) is 14.4 Å². The highest BCUT2D eigenvalue weighted by Gasteiger charge is 2.34. The molecule has 2 saturated heterocycles. The lowest BCUT2D eigenvalue weighted by Gasteiger charge is -2.33. The number of amidine groups is 1. The molecule has 3 aromatic rings. The minimum absolute atomic E-state index is 0.0702. The smallest absolute Gasteiger partial charge is 0.237 e. The van der Waals surface area contributed by atoms with Crippen LogP contribution in [0, 0.1) is 17.1 Å². The van der Waals surface area contributed by atoms with Gasteiger partial charge in [-0.3, -0.25) is 20.1 Å². The number of rotatable bonds is 12. The predicted molar refractivity (Wildman–Crippen MR) is 207 cm³/mol. The third kappa shape index (κ3) is 8.16. The Bertz CT molecular complexity index is 1850. The maximum atomic E-state index is 14.7. The summed E-state index contributed by atoms with van der Waals surface area (Å²) in [6.45, 7) is 6.81. The zero-order valence-electron chi connectivity index (χ0n) is 30.0. The molecule has 13 heteroatoms. The van der Waals surface area contributed by atoms with E-state index in [1.54, 1.807) is 19.2 Å². The number of aromatic nitrogens is 1.